The highest BCUT2D eigenvalue weighted by molar-refractivity contribution is 6.00. The van der Waals surface area contributed by atoms with E-state index >= 15 is 0 Å². The molecule has 1 aromatic rings. The molecule has 0 aliphatic heterocycles. The summed E-state index contributed by atoms with van der Waals surface area (Å²) in [6.07, 6.45) is 4.39. The molecule has 2 heteroatoms. The van der Waals surface area contributed by atoms with Crippen LogP contribution in [0, 0.1) is 11.3 Å². The van der Waals surface area contributed by atoms with Crippen molar-refractivity contribution in [1.29, 1.82) is 5.41 Å². The van der Waals surface area contributed by atoms with Crippen LogP contribution >= 0.6 is 0 Å². The predicted molar refractivity (Wildman–Crippen MR) is 70.9 cm³/mol. The molecule has 0 aromatic heterocycles. The summed E-state index contributed by atoms with van der Waals surface area (Å²) in [5.74, 6) is 1.19. The minimum Gasteiger partial charge on any atom is -0.497 e. The van der Waals surface area contributed by atoms with Gasteiger partial charge in [0, 0.05) is 11.6 Å². The molecule has 1 aromatic carbocycles. The number of nitrogens with one attached hydrogen (secondary N) is 1. The monoisotopic (exact) mass is 229 g/mol. The average molecular weight is 229 g/mol. The van der Waals surface area contributed by atoms with Crippen molar-refractivity contribution >= 4 is 5.71 Å². The van der Waals surface area contributed by atoms with Crippen molar-refractivity contribution in [3.05, 3.63) is 42.0 Å². The molecular formula is C15H19NO. The molecule has 1 aliphatic carbocycles. The lowest BCUT2D eigenvalue weighted by molar-refractivity contribution is 0.414. The maximum atomic E-state index is 8.26. The molecule has 1 fully saturated rings. The number of rotatable bonds is 3. The number of allylic oxidation sites excluding steroid dienone is 1. The van der Waals surface area contributed by atoms with Gasteiger partial charge in [0.1, 0.15) is 5.75 Å². The Kier molecular flexibility index (Phi) is 3.62. The lowest BCUT2D eigenvalue weighted by atomic mass is 9.81. The van der Waals surface area contributed by atoms with Crippen LogP contribution < -0.4 is 4.74 Å². The van der Waals surface area contributed by atoms with Gasteiger partial charge in [0.25, 0.3) is 0 Å². The van der Waals surface area contributed by atoms with E-state index in [0.717, 1.165) is 36.3 Å². The van der Waals surface area contributed by atoms with Gasteiger partial charge in [0.15, 0.2) is 0 Å². The zero-order valence-electron chi connectivity index (χ0n) is 10.3. The van der Waals surface area contributed by atoms with E-state index in [2.05, 4.69) is 6.58 Å². The molecule has 0 spiro atoms. The van der Waals surface area contributed by atoms with E-state index in [4.69, 9.17) is 10.1 Å². The summed E-state index contributed by atoms with van der Waals surface area (Å²) in [6, 6.07) is 7.78. The lowest BCUT2D eigenvalue weighted by Crippen LogP contribution is -2.18. The Labute approximate surface area is 103 Å². The first-order valence-corrected chi connectivity index (χ1v) is 6.10. The second kappa shape index (κ2) is 5.17. The Bertz CT molecular complexity index is 419. The summed E-state index contributed by atoms with van der Waals surface area (Å²) in [5.41, 5.74) is 3.04. The van der Waals surface area contributed by atoms with E-state index in [1.807, 2.05) is 24.3 Å². The topological polar surface area (TPSA) is 33.1 Å². The van der Waals surface area contributed by atoms with Gasteiger partial charge in [-0.2, -0.15) is 0 Å². The highest BCUT2D eigenvalue weighted by Crippen LogP contribution is 2.30. The molecule has 0 heterocycles. The first kappa shape index (κ1) is 11.9. The smallest absolute Gasteiger partial charge is 0.118 e. The molecule has 1 atom stereocenters. The standard InChI is InChI=1S/C15H19NO/c1-11-4-3-5-13(10-11)15(16)12-6-8-14(17-2)9-7-12/h6-9,13,16H,1,3-5,10H2,2H3. The summed E-state index contributed by atoms with van der Waals surface area (Å²) < 4.78 is 5.13. The number of hydrogen-bond acceptors (Lipinski definition) is 2. The molecule has 90 valence electrons. The number of benzene rings is 1. The van der Waals surface area contributed by atoms with Gasteiger partial charge in [-0.05, 0) is 55.5 Å². The van der Waals surface area contributed by atoms with Gasteiger partial charge in [0.2, 0.25) is 0 Å². The Morgan fingerprint density at radius 3 is 2.65 bits per heavy atom. The minimum atomic E-state index is 0.352. The third-order valence-corrected chi connectivity index (χ3v) is 3.43. The van der Waals surface area contributed by atoms with E-state index in [-0.39, 0.29) is 0 Å². The van der Waals surface area contributed by atoms with E-state index in [1.54, 1.807) is 7.11 Å². The summed E-state index contributed by atoms with van der Waals surface area (Å²) in [5, 5.41) is 8.26. The molecular weight excluding hydrogens is 210 g/mol. The number of ether oxygens (including phenoxy) is 1. The first-order valence-electron chi connectivity index (χ1n) is 6.10. The van der Waals surface area contributed by atoms with Crippen LogP contribution in [0.4, 0.5) is 0 Å². The third kappa shape index (κ3) is 2.76. The van der Waals surface area contributed by atoms with E-state index in [1.165, 1.54) is 12.0 Å². The Morgan fingerprint density at radius 2 is 2.06 bits per heavy atom. The average Bonchev–Trinajstić information content (AvgIpc) is 2.38. The molecule has 0 radical (unpaired) electrons. The quantitative estimate of drug-likeness (QED) is 0.620. The highest BCUT2D eigenvalue weighted by atomic mass is 16.5. The van der Waals surface area contributed by atoms with Crippen LogP contribution in [0.1, 0.15) is 31.2 Å². The molecule has 1 unspecified atom stereocenters. The van der Waals surface area contributed by atoms with Crippen LogP contribution in [0.5, 0.6) is 5.75 Å². The zero-order chi connectivity index (χ0) is 12.3. The van der Waals surface area contributed by atoms with Gasteiger partial charge < -0.3 is 10.1 Å². The summed E-state index contributed by atoms with van der Waals surface area (Å²) in [4.78, 5) is 0. The Hall–Kier alpha value is -1.57. The molecule has 2 rings (SSSR count). The normalized spacial score (nSPS) is 20.1. The Balaban J connectivity index is 2.10. The second-order valence-corrected chi connectivity index (χ2v) is 4.69. The zero-order valence-corrected chi connectivity index (χ0v) is 10.3. The summed E-state index contributed by atoms with van der Waals surface area (Å²) >= 11 is 0. The molecule has 1 N–H and O–H groups in total. The molecule has 17 heavy (non-hydrogen) atoms. The summed E-state index contributed by atoms with van der Waals surface area (Å²) in [6.45, 7) is 4.05. The van der Waals surface area contributed by atoms with Crippen molar-refractivity contribution in [1.82, 2.24) is 0 Å². The number of hydrogen-bond donors (Lipinski definition) is 1. The molecule has 0 bridgehead atoms. The fraction of sp³-hybridized carbons (Fsp3) is 0.400. The molecule has 2 nitrogen and oxygen atoms in total. The van der Waals surface area contributed by atoms with Crippen molar-refractivity contribution in [2.45, 2.75) is 25.7 Å². The van der Waals surface area contributed by atoms with Crippen LogP contribution in [0.3, 0.4) is 0 Å². The molecule has 1 aliphatic rings. The molecule has 0 amide bonds. The van der Waals surface area contributed by atoms with Gasteiger partial charge in [-0.3, -0.25) is 0 Å². The highest BCUT2D eigenvalue weighted by Gasteiger charge is 2.20. The van der Waals surface area contributed by atoms with E-state index < -0.39 is 0 Å². The minimum absolute atomic E-state index is 0.352. The van der Waals surface area contributed by atoms with Crippen LogP contribution in [0.2, 0.25) is 0 Å². The maximum absolute atomic E-state index is 8.26. The van der Waals surface area contributed by atoms with Gasteiger partial charge in [-0.25, -0.2) is 0 Å². The van der Waals surface area contributed by atoms with Crippen LogP contribution in [0.25, 0.3) is 0 Å². The van der Waals surface area contributed by atoms with Crippen LogP contribution in [-0.2, 0) is 0 Å². The largest absolute Gasteiger partial charge is 0.497 e. The molecule has 1 saturated carbocycles. The van der Waals surface area contributed by atoms with Crippen molar-refractivity contribution in [2.24, 2.45) is 5.92 Å². The first-order chi connectivity index (χ1) is 8.20. The summed E-state index contributed by atoms with van der Waals surface area (Å²) in [7, 11) is 1.66. The SMILES string of the molecule is C=C1CCCC(C(=N)c2ccc(OC)cc2)C1. The fourth-order valence-electron chi connectivity index (χ4n) is 2.40. The fourth-order valence-corrected chi connectivity index (χ4v) is 2.40. The maximum Gasteiger partial charge on any atom is 0.118 e. The Morgan fingerprint density at radius 1 is 1.35 bits per heavy atom. The van der Waals surface area contributed by atoms with Gasteiger partial charge >= 0.3 is 0 Å². The number of methoxy groups -OCH3 is 1. The van der Waals surface area contributed by atoms with E-state index in [9.17, 15) is 0 Å². The van der Waals surface area contributed by atoms with Gasteiger partial charge in [0.05, 0.1) is 7.11 Å². The van der Waals surface area contributed by atoms with Crippen molar-refractivity contribution < 1.29 is 4.74 Å². The van der Waals surface area contributed by atoms with Crippen molar-refractivity contribution in [2.75, 3.05) is 7.11 Å². The third-order valence-electron chi connectivity index (χ3n) is 3.43. The van der Waals surface area contributed by atoms with Crippen LogP contribution in [0.15, 0.2) is 36.4 Å². The lowest BCUT2D eigenvalue weighted by Gasteiger charge is -2.24. The van der Waals surface area contributed by atoms with E-state index in [0.29, 0.717) is 5.92 Å². The van der Waals surface area contributed by atoms with Crippen LogP contribution in [-0.4, -0.2) is 12.8 Å². The van der Waals surface area contributed by atoms with Gasteiger partial charge in [-0.15, -0.1) is 0 Å². The van der Waals surface area contributed by atoms with Crippen molar-refractivity contribution in [3.63, 3.8) is 0 Å². The predicted octanol–water partition coefficient (Wildman–Crippen LogP) is 3.81. The molecule has 0 saturated heterocycles. The van der Waals surface area contributed by atoms with Gasteiger partial charge in [-0.1, -0.05) is 12.2 Å². The van der Waals surface area contributed by atoms with Crippen molar-refractivity contribution in [3.8, 4) is 5.75 Å². The second-order valence-electron chi connectivity index (χ2n) is 4.69.